The Morgan fingerprint density at radius 1 is 1.00 bits per heavy atom. The number of allylic oxidation sites excluding steroid dienone is 4. The average Bonchev–Trinajstić information content (AvgIpc) is 3.16. The Kier molecular flexibility index (Phi) is 3.54. The van der Waals surface area contributed by atoms with Crippen LogP contribution in [0.1, 0.15) is 24.3 Å². The molecule has 0 fully saturated rings. The Bertz CT molecular complexity index is 1080. The summed E-state index contributed by atoms with van der Waals surface area (Å²) in [4.78, 5) is 0. The van der Waals surface area contributed by atoms with Crippen LogP contribution in [0.25, 0.3) is 10.8 Å². The normalized spacial score (nSPS) is 23.5. The molecule has 26 heavy (non-hydrogen) atoms. The van der Waals surface area contributed by atoms with E-state index in [1.165, 1.54) is 0 Å². The summed E-state index contributed by atoms with van der Waals surface area (Å²) in [7, 11) is 0. The van der Waals surface area contributed by atoms with E-state index in [0.717, 1.165) is 34.8 Å². The number of benzene rings is 2. The number of rotatable bonds is 1. The fourth-order valence-electron chi connectivity index (χ4n) is 4.56. The number of hydrogen-bond donors (Lipinski definition) is 1. The molecule has 124 valence electrons. The molecule has 0 saturated heterocycles. The second-order valence-corrected chi connectivity index (χ2v) is 6.82. The van der Waals surface area contributed by atoms with Crippen LogP contribution in [0.2, 0.25) is 0 Å². The lowest BCUT2D eigenvalue weighted by atomic mass is 9.58. The Morgan fingerprint density at radius 2 is 1.73 bits per heavy atom. The van der Waals surface area contributed by atoms with Gasteiger partial charge in [0.05, 0.1) is 23.4 Å². The van der Waals surface area contributed by atoms with Gasteiger partial charge in [-0.3, -0.25) is 0 Å². The van der Waals surface area contributed by atoms with Gasteiger partial charge in [-0.2, -0.15) is 15.8 Å². The highest BCUT2D eigenvalue weighted by Gasteiger charge is 2.54. The van der Waals surface area contributed by atoms with E-state index in [4.69, 9.17) is 5.73 Å². The van der Waals surface area contributed by atoms with Gasteiger partial charge in [0.1, 0.15) is 6.07 Å². The van der Waals surface area contributed by atoms with Gasteiger partial charge < -0.3 is 5.73 Å². The quantitative estimate of drug-likeness (QED) is 0.849. The van der Waals surface area contributed by atoms with Crippen LogP contribution in [0, 0.1) is 45.3 Å². The van der Waals surface area contributed by atoms with Crippen molar-refractivity contribution in [2.24, 2.45) is 17.1 Å². The molecule has 4 rings (SSSR count). The first kappa shape index (κ1) is 15.9. The summed E-state index contributed by atoms with van der Waals surface area (Å²) in [5.41, 5.74) is 6.99. The molecular formula is C22H16N4. The minimum atomic E-state index is -1.54. The van der Waals surface area contributed by atoms with Crippen LogP contribution in [0.5, 0.6) is 0 Å². The van der Waals surface area contributed by atoms with Gasteiger partial charge in [0.2, 0.25) is 0 Å². The molecule has 2 aromatic rings. The van der Waals surface area contributed by atoms with Gasteiger partial charge in [0, 0.05) is 5.92 Å². The van der Waals surface area contributed by atoms with Crippen molar-refractivity contribution in [3.05, 3.63) is 70.9 Å². The van der Waals surface area contributed by atoms with Crippen molar-refractivity contribution >= 4 is 10.8 Å². The number of nitriles is 3. The van der Waals surface area contributed by atoms with Crippen molar-refractivity contribution in [2.75, 3.05) is 0 Å². The molecule has 0 bridgehead atoms. The van der Waals surface area contributed by atoms with Crippen molar-refractivity contribution < 1.29 is 0 Å². The molecule has 4 heteroatoms. The van der Waals surface area contributed by atoms with Crippen molar-refractivity contribution in [3.8, 4) is 18.2 Å². The van der Waals surface area contributed by atoms with E-state index < -0.39 is 11.3 Å². The summed E-state index contributed by atoms with van der Waals surface area (Å²) < 4.78 is 0. The summed E-state index contributed by atoms with van der Waals surface area (Å²) in [6.07, 6.45) is 3.67. The van der Waals surface area contributed by atoms with Crippen LogP contribution < -0.4 is 5.73 Å². The van der Waals surface area contributed by atoms with Gasteiger partial charge in [-0.05, 0) is 40.7 Å². The molecule has 0 spiro atoms. The zero-order chi connectivity index (χ0) is 18.3. The molecule has 0 unspecified atom stereocenters. The van der Waals surface area contributed by atoms with E-state index >= 15 is 0 Å². The summed E-state index contributed by atoms with van der Waals surface area (Å²) in [5, 5.41) is 31.8. The predicted octanol–water partition coefficient (Wildman–Crippen LogP) is 4.04. The van der Waals surface area contributed by atoms with Crippen LogP contribution in [0.4, 0.5) is 0 Å². The van der Waals surface area contributed by atoms with Gasteiger partial charge in [-0.1, -0.05) is 48.5 Å². The van der Waals surface area contributed by atoms with Crippen molar-refractivity contribution in [2.45, 2.75) is 18.8 Å². The fraction of sp³-hybridized carbons (Fsp3) is 0.227. The first-order chi connectivity index (χ1) is 12.7. The van der Waals surface area contributed by atoms with Crippen LogP contribution in [-0.4, -0.2) is 0 Å². The highest BCUT2D eigenvalue weighted by atomic mass is 14.7. The molecule has 0 amide bonds. The van der Waals surface area contributed by atoms with Crippen LogP contribution in [0.15, 0.2) is 65.4 Å². The molecule has 0 aromatic heterocycles. The minimum Gasteiger partial charge on any atom is -0.399 e. The van der Waals surface area contributed by atoms with Crippen LogP contribution in [0.3, 0.4) is 0 Å². The Balaban J connectivity index is 2.08. The maximum Gasteiger partial charge on any atom is 0.191 e. The lowest BCUT2D eigenvalue weighted by Gasteiger charge is -2.40. The first-order valence-corrected chi connectivity index (χ1v) is 8.59. The summed E-state index contributed by atoms with van der Waals surface area (Å²) >= 11 is 0. The SMILES string of the molecule is N#CC1=C(N)C(C#N)(C#N)[C@H](c2cccc3ccccc23)[C@@H]2CCC=C12. The monoisotopic (exact) mass is 336 g/mol. The van der Waals surface area contributed by atoms with Crippen LogP contribution >= 0.6 is 0 Å². The van der Waals surface area contributed by atoms with E-state index in [1.807, 2.05) is 48.5 Å². The Labute approximate surface area is 152 Å². The topological polar surface area (TPSA) is 97.4 Å². The van der Waals surface area contributed by atoms with E-state index in [9.17, 15) is 15.8 Å². The lowest BCUT2D eigenvalue weighted by molar-refractivity contribution is 0.347. The average molecular weight is 336 g/mol. The third kappa shape index (κ3) is 1.92. The van der Waals surface area contributed by atoms with Crippen LogP contribution in [-0.2, 0) is 0 Å². The summed E-state index contributed by atoms with van der Waals surface area (Å²) in [6, 6.07) is 20.4. The molecule has 0 aliphatic heterocycles. The second kappa shape index (κ2) is 5.76. The van der Waals surface area contributed by atoms with Gasteiger partial charge in [-0.25, -0.2) is 0 Å². The number of hydrogen-bond acceptors (Lipinski definition) is 4. The molecule has 0 heterocycles. The standard InChI is InChI=1S/C22H16N4/c23-11-19-16-8-4-10-18(16)20(22(12-24,13-25)21(19)26)17-9-3-6-14-5-1-2-7-15(14)17/h1-3,5-9,18,20H,4,10,26H2/t18-,20-/m1/s1. The summed E-state index contributed by atoms with van der Waals surface area (Å²) in [5.74, 6) is -0.448. The van der Waals surface area contributed by atoms with Crippen molar-refractivity contribution in [1.29, 1.82) is 15.8 Å². The largest absolute Gasteiger partial charge is 0.399 e. The van der Waals surface area contributed by atoms with Gasteiger partial charge in [-0.15, -0.1) is 0 Å². The van der Waals surface area contributed by atoms with E-state index in [0.29, 0.717) is 5.57 Å². The Hall–Kier alpha value is -3.55. The maximum atomic E-state index is 10.0. The third-order valence-corrected chi connectivity index (χ3v) is 5.72. The molecular weight excluding hydrogens is 320 g/mol. The zero-order valence-electron chi connectivity index (χ0n) is 14.1. The smallest absolute Gasteiger partial charge is 0.191 e. The van der Waals surface area contributed by atoms with Gasteiger partial charge in [0.15, 0.2) is 5.41 Å². The van der Waals surface area contributed by atoms with Crippen molar-refractivity contribution in [3.63, 3.8) is 0 Å². The van der Waals surface area contributed by atoms with Crippen molar-refractivity contribution in [1.82, 2.24) is 0 Å². The highest BCUT2D eigenvalue weighted by Crippen LogP contribution is 2.57. The molecule has 2 N–H and O–H groups in total. The van der Waals surface area contributed by atoms with E-state index in [1.54, 1.807) is 0 Å². The molecule has 4 nitrogen and oxygen atoms in total. The molecule has 2 aliphatic rings. The zero-order valence-corrected chi connectivity index (χ0v) is 14.1. The molecule has 0 saturated carbocycles. The highest BCUT2D eigenvalue weighted by molar-refractivity contribution is 5.87. The molecule has 2 atom stereocenters. The number of fused-ring (bicyclic) bond motifs is 2. The minimum absolute atomic E-state index is 0.0537. The van der Waals surface area contributed by atoms with Gasteiger partial charge in [0.25, 0.3) is 0 Å². The molecule has 0 radical (unpaired) electrons. The fourth-order valence-corrected chi connectivity index (χ4v) is 4.56. The second-order valence-electron chi connectivity index (χ2n) is 6.82. The lowest BCUT2D eigenvalue weighted by Crippen LogP contribution is -2.41. The molecule has 2 aromatic carbocycles. The first-order valence-electron chi connectivity index (χ1n) is 8.59. The predicted molar refractivity (Wildman–Crippen MR) is 98.0 cm³/mol. The maximum absolute atomic E-state index is 10.0. The van der Waals surface area contributed by atoms with E-state index in [-0.39, 0.29) is 11.6 Å². The number of nitrogens with two attached hydrogens (primary N) is 1. The van der Waals surface area contributed by atoms with E-state index in [2.05, 4.69) is 18.2 Å². The molecule has 2 aliphatic carbocycles. The summed E-state index contributed by atoms with van der Waals surface area (Å²) in [6.45, 7) is 0. The Morgan fingerprint density at radius 3 is 2.46 bits per heavy atom. The third-order valence-electron chi connectivity index (χ3n) is 5.72. The van der Waals surface area contributed by atoms with Gasteiger partial charge >= 0.3 is 0 Å². The number of nitrogens with zero attached hydrogens (tertiary/aromatic N) is 3.